The molecule has 3 N–H and O–H groups in total. The SMILES string of the molecule is CC(C)(C)OC(=O)N[C@@H](Cc1cc(=O)oc2cc(O)ccc12)C(=O)O. The van der Waals surface area contributed by atoms with E-state index in [0.29, 0.717) is 10.9 Å². The Kier molecular flexibility index (Phi) is 5.01. The smallest absolute Gasteiger partial charge is 0.408 e. The van der Waals surface area contributed by atoms with E-state index in [4.69, 9.17) is 9.15 Å². The summed E-state index contributed by atoms with van der Waals surface area (Å²) >= 11 is 0. The Balaban J connectivity index is 2.31. The van der Waals surface area contributed by atoms with E-state index in [1.165, 1.54) is 18.2 Å². The van der Waals surface area contributed by atoms with Crippen molar-refractivity contribution in [2.24, 2.45) is 0 Å². The molecule has 8 heteroatoms. The van der Waals surface area contributed by atoms with E-state index < -0.39 is 29.3 Å². The number of phenolic OH excluding ortho intramolecular Hbond substituents is 1. The molecule has 0 saturated heterocycles. The van der Waals surface area contributed by atoms with Gasteiger partial charge in [-0.2, -0.15) is 0 Å². The molecular weight excluding hydrogens is 330 g/mol. The van der Waals surface area contributed by atoms with Crippen LogP contribution in [0.2, 0.25) is 0 Å². The van der Waals surface area contributed by atoms with E-state index >= 15 is 0 Å². The molecule has 0 saturated carbocycles. The van der Waals surface area contributed by atoms with Crippen molar-refractivity contribution in [3.05, 3.63) is 40.2 Å². The first-order valence-corrected chi connectivity index (χ1v) is 7.53. The van der Waals surface area contributed by atoms with E-state index in [9.17, 15) is 24.6 Å². The molecule has 0 aliphatic carbocycles. The monoisotopic (exact) mass is 349 g/mol. The summed E-state index contributed by atoms with van der Waals surface area (Å²) in [5.74, 6) is -1.36. The molecule has 0 bridgehead atoms. The van der Waals surface area contributed by atoms with Crippen LogP contribution in [0.15, 0.2) is 33.5 Å². The van der Waals surface area contributed by atoms with Gasteiger partial charge in [-0.1, -0.05) is 0 Å². The summed E-state index contributed by atoms with van der Waals surface area (Å²) in [6.45, 7) is 4.97. The van der Waals surface area contributed by atoms with Crippen molar-refractivity contribution in [3.8, 4) is 5.75 Å². The second kappa shape index (κ2) is 6.84. The van der Waals surface area contributed by atoms with Crippen molar-refractivity contribution in [2.45, 2.75) is 38.8 Å². The fourth-order valence-corrected chi connectivity index (χ4v) is 2.26. The number of hydrogen-bond donors (Lipinski definition) is 3. The minimum absolute atomic E-state index is 0.0885. The largest absolute Gasteiger partial charge is 0.508 e. The lowest BCUT2D eigenvalue weighted by Gasteiger charge is -2.22. The van der Waals surface area contributed by atoms with Crippen LogP contribution in [0.25, 0.3) is 11.0 Å². The number of carbonyl (C=O) groups is 2. The number of alkyl carbamates (subject to hydrolysis) is 1. The summed E-state index contributed by atoms with van der Waals surface area (Å²) in [5.41, 5.74) is -0.960. The zero-order chi connectivity index (χ0) is 18.8. The van der Waals surface area contributed by atoms with E-state index in [2.05, 4.69) is 5.32 Å². The highest BCUT2D eigenvalue weighted by Gasteiger charge is 2.25. The maximum Gasteiger partial charge on any atom is 0.408 e. The molecule has 0 unspecified atom stereocenters. The van der Waals surface area contributed by atoms with Crippen LogP contribution in [-0.4, -0.2) is 33.9 Å². The number of aromatic hydroxyl groups is 1. The van der Waals surface area contributed by atoms with Gasteiger partial charge < -0.3 is 24.7 Å². The summed E-state index contributed by atoms with van der Waals surface area (Å²) < 4.78 is 10.1. The maximum atomic E-state index is 11.8. The van der Waals surface area contributed by atoms with Gasteiger partial charge in [-0.25, -0.2) is 14.4 Å². The van der Waals surface area contributed by atoms with Gasteiger partial charge in [-0.15, -0.1) is 0 Å². The number of rotatable bonds is 4. The van der Waals surface area contributed by atoms with E-state index in [-0.39, 0.29) is 17.8 Å². The number of carbonyl (C=O) groups excluding carboxylic acids is 1. The summed E-state index contributed by atoms with van der Waals surface area (Å²) in [6.07, 6.45) is -1.02. The molecule has 0 spiro atoms. The van der Waals surface area contributed by atoms with Crippen LogP contribution in [0.5, 0.6) is 5.75 Å². The van der Waals surface area contributed by atoms with Crippen LogP contribution < -0.4 is 10.9 Å². The molecule has 2 rings (SSSR count). The zero-order valence-corrected chi connectivity index (χ0v) is 14.0. The number of benzene rings is 1. The van der Waals surface area contributed by atoms with Crippen molar-refractivity contribution >= 4 is 23.0 Å². The van der Waals surface area contributed by atoms with Gasteiger partial charge in [0.2, 0.25) is 0 Å². The number of hydrogen-bond acceptors (Lipinski definition) is 6. The van der Waals surface area contributed by atoms with Crippen LogP contribution in [0.1, 0.15) is 26.3 Å². The van der Waals surface area contributed by atoms with Gasteiger partial charge in [0, 0.05) is 23.9 Å². The lowest BCUT2D eigenvalue weighted by Crippen LogP contribution is -2.44. The molecule has 2 aromatic rings. The molecule has 0 aliphatic rings. The van der Waals surface area contributed by atoms with Gasteiger partial charge >= 0.3 is 17.7 Å². The van der Waals surface area contributed by atoms with E-state index in [1.54, 1.807) is 20.8 Å². The van der Waals surface area contributed by atoms with Gasteiger partial charge in [0.25, 0.3) is 0 Å². The molecule has 0 radical (unpaired) electrons. The van der Waals surface area contributed by atoms with Crippen molar-refractivity contribution < 1.29 is 29.0 Å². The normalized spacial score (nSPS) is 12.6. The molecule has 134 valence electrons. The number of phenols is 1. The third kappa shape index (κ3) is 4.97. The molecule has 0 fully saturated rings. The molecule has 0 aliphatic heterocycles. The zero-order valence-electron chi connectivity index (χ0n) is 14.0. The Morgan fingerprint density at radius 3 is 2.56 bits per heavy atom. The van der Waals surface area contributed by atoms with Gasteiger partial charge in [0.1, 0.15) is 23.0 Å². The second-order valence-electron chi connectivity index (χ2n) is 6.51. The van der Waals surface area contributed by atoms with Crippen LogP contribution in [0, 0.1) is 0 Å². The fraction of sp³-hybridized carbons (Fsp3) is 0.353. The molecule has 8 nitrogen and oxygen atoms in total. The third-order valence-electron chi connectivity index (χ3n) is 3.23. The summed E-state index contributed by atoms with van der Waals surface area (Å²) in [5, 5.41) is 21.6. The number of fused-ring (bicyclic) bond motifs is 1. The van der Waals surface area contributed by atoms with Crippen LogP contribution in [0.3, 0.4) is 0 Å². The lowest BCUT2D eigenvalue weighted by molar-refractivity contribution is -0.139. The molecule has 1 amide bonds. The summed E-state index contributed by atoms with van der Waals surface area (Å²) in [4.78, 5) is 35.0. The number of amides is 1. The molecule has 1 atom stereocenters. The van der Waals surface area contributed by atoms with Crippen molar-refractivity contribution in [3.63, 3.8) is 0 Å². The number of carboxylic acid groups (broad SMARTS) is 1. The van der Waals surface area contributed by atoms with Gasteiger partial charge in [-0.3, -0.25) is 0 Å². The van der Waals surface area contributed by atoms with E-state index in [1.807, 2.05) is 0 Å². The first-order chi connectivity index (χ1) is 11.5. The number of ether oxygens (including phenoxy) is 1. The van der Waals surface area contributed by atoms with Gasteiger partial charge in [0.05, 0.1) is 0 Å². The highest BCUT2D eigenvalue weighted by atomic mass is 16.6. The molecule has 1 aromatic carbocycles. The predicted octanol–water partition coefficient (Wildman–Crippen LogP) is 2.02. The summed E-state index contributed by atoms with van der Waals surface area (Å²) in [7, 11) is 0. The van der Waals surface area contributed by atoms with Crippen molar-refractivity contribution in [1.82, 2.24) is 5.32 Å². The quantitative estimate of drug-likeness (QED) is 0.721. The number of carboxylic acids is 1. The van der Waals surface area contributed by atoms with Crippen molar-refractivity contribution in [2.75, 3.05) is 0 Å². The Bertz CT molecular complexity index is 863. The Morgan fingerprint density at radius 2 is 1.96 bits per heavy atom. The molecule has 1 aromatic heterocycles. The van der Waals surface area contributed by atoms with Crippen LogP contribution in [0.4, 0.5) is 4.79 Å². The number of nitrogens with one attached hydrogen (secondary N) is 1. The maximum absolute atomic E-state index is 11.8. The molecular formula is C17H19NO7. The fourth-order valence-electron chi connectivity index (χ4n) is 2.26. The predicted molar refractivity (Wildman–Crippen MR) is 88.6 cm³/mol. The third-order valence-corrected chi connectivity index (χ3v) is 3.23. The average molecular weight is 349 g/mol. The Hall–Kier alpha value is -3.03. The van der Waals surface area contributed by atoms with Gasteiger partial charge in [-0.05, 0) is 38.5 Å². The first kappa shape index (κ1) is 18.3. The van der Waals surface area contributed by atoms with Crippen LogP contribution in [-0.2, 0) is 16.0 Å². The van der Waals surface area contributed by atoms with Gasteiger partial charge in [0.15, 0.2) is 0 Å². The Morgan fingerprint density at radius 1 is 1.28 bits per heavy atom. The standard InChI is InChI=1S/C17H19NO7/c1-17(2,3)25-16(23)18-12(15(21)22)6-9-7-14(20)24-13-8-10(19)4-5-11(9)13/h4-5,7-8,12,19H,6H2,1-3H3,(H,18,23)(H,21,22)/t12-/m0/s1. The number of aliphatic carboxylic acids is 1. The average Bonchev–Trinajstić information content (AvgIpc) is 2.43. The Labute approximate surface area is 143 Å². The molecule has 1 heterocycles. The van der Waals surface area contributed by atoms with E-state index in [0.717, 1.165) is 6.07 Å². The summed E-state index contributed by atoms with van der Waals surface area (Å²) in [6, 6.07) is 4.02. The minimum atomic E-state index is -1.30. The highest BCUT2D eigenvalue weighted by molar-refractivity contribution is 5.84. The van der Waals surface area contributed by atoms with Crippen molar-refractivity contribution in [1.29, 1.82) is 0 Å². The first-order valence-electron chi connectivity index (χ1n) is 7.53. The molecule has 25 heavy (non-hydrogen) atoms. The minimum Gasteiger partial charge on any atom is -0.508 e. The van der Waals surface area contributed by atoms with Crippen LogP contribution >= 0.6 is 0 Å². The second-order valence-corrected chi connectivity index (χ2v) is 6.51. The highest BCUT2D eigenvalue weighted by Crippen LogP contribution is 2.22. The lowest BCUT2D eigenvalue weighted by atomic mass is 10.0. The topological polar surface area (TPSA) is 126 Å².